The first-order chi connectivity index (χ1) is 19.3. The number of carbonyl (C=O) groups is 4. The molecular weight excluding hydrogens is 550 g/mol. The second-order valence-electron chi connectivity index (χ2n) is 9.90. The molecule has 1 rings (SSSR count). The molecule has 0 radical (unpaired) electrons. The van der Waals surface area contributed by atoms with Gasteiger partial charge in [-0.1, -0.05) is 74.4 Å². The van der Waals surface area contributed by atoms with Crippen LogP contribution in [0.3, 0.4) is 0 Å². The van der Waals surface area contributed by atoms with Crippen molar-refractivity contribution in [1.29, 1.82) is 0 Å². The van der Waals surface area contributed by atoms with E-state index in [1.54, 1.807) is 37.3 Å². The molecule has 226 valence electrons. The highest BCUT2D eigenvalue weighted by atomic mass is 35.5. The maximum absolute atomic E-state index is 12.7. The third kappa shape index (κ3) is 14.4. The largest absolute Gasteiger partial charge is 0.490 e. The molecule has 0 saturated carbocycles. The molecule has 0 aromatic carbocycles. The number of ether oxygens (including phenoxy) is 3. The zero-order chi connectivity index (χ0) is 30.9. The summed E-state index contributed by atoms with van der Waals surface area (Å²) in [5.74, 6) is -1.24. The number of carbonyl (C=O) groups excluding carboxylic acids is 4. The molecule has 11 heteroatoms. The molecule has 0 bridgehead atoms. The second kappa shape index (κ2) is 18.5. The number of halogens is 1. The Hall–Kier alpha value is -3.79. The molecule has 4 atom stereocenters. The summed E-state index contributed by atoms with van der Waals surface area (Å²) in [6, 6.07) is -0.770. The van der Waals surface area contributed by atoms with Crippen LogP contribution >= 0.6 is 11.6 Å². The molecule has 4 N–H and O–H groups in total. The summed E-state index contributed by atoms with van der Waals surface area (Å²) in [5, 5.41) is 5.91. The van der Waals surface area contributed by atoms with Gasteiger partial charge in [0.05, 0.1) is 7.11 Å². The van der Waals surface area contributed by atoms with Crippen LogP contribution in [0.25, 0.3) is 0 Å². The fourth-order valence-electron chi connectivity index (χ4n) is 3.80. The van der Waals surface area contributed by atoms with Gasteiger partial charge in [-0.25, -0.2) is 9.59 Å². The third-order valence-corrected chi connectivity index (χ3v) is 6.13. The highest BCUT2D eigenvalue weighted by Crippen LogP contribution is 2.22. The van der Waals surface area contributed by atoms with Crippen LogP contribution in [0.1, 0.15) is 53.9 Å². The summed E-state index contributed by atoms with van der Waals surface area (Å²) in [7, 11) is 1.43. The van der Waals surface area contributed by atoms with E-state index in [9.17, 15) is 19.2 Å². The number of rotatable bonds is 15. The van der Waals surface area contributed by atoms with Crippen molar-refractivity contribution in [3.05, 3.63) is 71.2 Å². The number of allylic oxidation sites excluding steroid dienone is 5. The molecule has 0 aliphatic carbocycles. The standard InChI is InChI=1S/C30H42ClN3O7/c1-19(2)27(28(36)33-17-9-11-23(40-30(32)38)14-13-22(5)31)34-26(35)12-8-7-10-20(3)18-21(4)24-15-16-25(39-6)29(37)41-24/h7-10,12-13,16-19,21,23-24,27H,11,14-15H2,1-6H3,(H2,32,38)(H,33,36)(H,34,35). The van der Waals surface area contributed by atoms with Crippen LogP contribution in [0.15, 0.2) is 71.2 Å². The molecule has 3 amide bonds. The Bertz CT molecular complexity index is 1100. The number of methoxy groups -OCH3 is 1. The van der Waals surface area contributed by atoms with Crippen LogP contribution in [-0.2, 0) is 28.6 Å². The van der Waals surface area contributed by atoms with E-state index in [1.165, 1.54) is 19.4 Å². The van der Waals surface area contributed by atoms with Crippen molar-refractivity contribution in [1.82, 2.24) is 10.6 Å². The molecule has 0 aromatic rings. The number of hydrogen-bond donors (Lipinski definition) is 3. The Kier molecular flexibility index (Phi) is 15.9. The Morgan fingerprint density at radius 3 is 2.44 bits per heavy atom. The minimum Gasteiger partial charge on any atom is -0.490 e. The predicted octanol–water partition coefficient (Wildman–Crippen LogP) is 4.68. The van der Waals surface area contributed by atoms with Crippen molar-refractivity contribution in [2.75, 3.05) is 7.11 Å². The van der Waals surface area contributed by atoms with E-state index in [2.05, 4.69) is 10.6 Å². The van der Waals surface area contributed by atoms with Crippen LogP contribution < -0.4 is 16.4 Å². The third-order valence-electron chi connectivity index (χ3n) is 5.98. The quantitative estimate of drug-likeness (QED) is 0.142. The van der Waals surface area contributed by atoms with Gasteiger partial charge in [0.1, 0.15) is 18.2 Å². The topological polar surface area (TPSA) is 146 Å². The van der Waals surface area contributed by atoms with Gasteiger partial charge >= 0.3 is 12.1 Å². The molecule has 1 heterocycles. The molecule has 0 fully saturated rings. The minimum atomic E-state index is -0.898. The molecule has 1 aliphatic rings. The van der Waals surface area contributed by atoms with Gasteiger partial charge < -0.3 is 30.6 Å². The zero-order valence-corrected chi connectivity index (χ0v) is 25.3. The number of esters is 1. The van der Waals surface area contributed by atoms with Gasteiger partial charge in [-0.2, -0.15) is 0 Å². The van der Waals surface area contributed by atoms with Crippen LogP contribution in [0.2, 0.25) is 0 Å². The maximum Gasteiger partial charge on any atom is 0.404 e. The van der Waals surface area contributed by atoms with E-state index < -0.39 is 30.1 Å². The van der Waals surface area contributed by atoms with Crippen molar-refractivity contribution < 1.29 is 33.4 Å². The molecule has 41 heavy (non-hydrogen) atoms. The van der Waals surface area contributed by atoms with Gasteiger partial charge in [0.2, 0.25) is 11.8 Å². The Morgan fingerprint density at radius 2 is 1.85 bits per heavy atom. The van der Waals surface area contributed by atoms with Gasteiger partial charge in [0.25, 0.3) is 0 Å². The fraction of sp³-hybridized carbons (Fsp3) is 0.467. The number of amides is 3. The van der Waals surface area contributed by atoms with Crippen molar-refractivity contribution >= 4 is 35.5 Å². The van der Waals surface area contributed by atoms with E-state index in [0.717, 1.165) is 5.57 Å². The van der Waals surface area contributed by atoms with Crippen LogP contribution in [0.4, 0.5) is 4.79 Å². The molecule has 0 aromatic heterocycles. The number of nitrogens with one attached hydrogen (secondary N) is 2. The van der Waals surface area contributed by atoms with Crippen LogP contribution in [0.5, 0.6) is 0 Å². The van der Waals surface area contributed by atoms with E-state index in [4.69, 9.17) is 31.5 Å². The van der Waals surface area contributed by atoms with Gasteiger partial charge in [-0.05, 0) is 32.0 Å². The summed E-state index contributed by atoms with van der Waals surface area (Å²) >= 11 is 5.83. The number of nitrogens with two attached hydrogens (primary N) is 1. The van der Waals surface area contributed by atoms with E-state index in [1.807, 2.05) is 39.8 Å². The van der Waals surface area contributed by atoms with Crippen molar-refractivity contribution in [2.45, 2.75) is 72.1 Å². The van der Waals surface area contributed by atoms with Crippen LogP contribution in [0, 0.1) is 11.8 Å². The Balaban J connectivity index is 2.63. The second-order valence-corrected chi connectivity index (χ2v) is 10.5. The molecule has 10 nitrogen and oxygen atoms in total. The van der Waals surface area contributed by atoms with Crippen molar-refractivity contribution in [2.24, 2.45) is 17.6 Å². The predicted molar refractivity (Wildman–Crippen MR) is 158 cm³/mol. The number of primary amides is 1. The van der Waals surface area contributed by atoms with Crippen molar-refractivity contribution in [3.63, 3.8) is 0 Å². The van der Waals surface area contributed by atoms with E-state index >= 15 is 0 Å². The lowest BCUT2D eigenvalue weighted by atomic mass is 9.97. The summed E-state index contributed by atoms with van der Waals surface area (Å²) in [6.07, 6.45) is 14.5. The summed E-state index contributed by atoms with van der Waals surface area (Å²) in [6.45, 7) is 9.22. The molecule has 1 aliphatic heterocycles. The first-order valence-electron chi connectivity index (χ1n) is 13.4. The molecule has 4 unspecified atom stereocenters. The highest BCUT2D eigenvalue weighted by Gasteiger charge is 2.27. The smallest absolute Gasteiger partial charge is 0.404 e. The first-order valence-corrected chi connectivity index (χ1v) is 13.7. The lowest BCUT2D eigenvalue weighted by Gasteiger charge is -2.25. The van der Waals surface area contributed by atoms with Crippen molar-refractivity contribution in [3.8, 4) is 0 Å². The molecular formula is C30H42ClN3O7. The first kappa shape index (κ1) is 35.2. The average Bonchev–Trinajstić information content (AvgIpc) is 2.89. The van der Waals surface area contributed by atoms with Crippen LogP contribution in [-0.4, -0.2) is 49.2 Å². The summed E-state index contributed by atoms with van der Waals surface area (Å²) < 4.78 is 15.4. The maximum atomic E-state index is 12.7. The van der Waals surface area contributed by atoms with E-state index in [0.29, 0.717) is 24.3 Å². The van der Waals surface area contributed by atoms with Gasteiger partial charge in [0.15, 0.2) is 5.76 Å². The number of hydrogen-bond acceptors (Lipinski definition) is 7. The normalized spacial score (nSPS) is 18.7. The number of cyclic esters (lactones) is 1. The lowest BCUT2D eigenvalue weighted by molar-refractivity contribution is -0.151. The monoisotopic (exact) mass is 591 g/mol. The molecule has 0 spiro atoms. The minimum absolute atomic E-state index is 0.0156. The lowest BCUT2D eigenvalue weighted by Crippen LogP contribution is -2.48. The Morgan fingerprint density at radius 1 is 1.17 bits per heavy atom. The van der Waals surface area contributed by atoms with Gasteiger partial charge in [-0.15, -0.1) is 0 Å². The van der Waals surface area contributed by atoms with E-state index in [-0.39, 0.29) is 29.6 Å². The molecule has 0 saturated heterocycles. The van der Waals surface area contributed by atoms with Gasteiger partial charge in [-0.3, -0.25) is 9.59 Å². The SMILES string of the molecule is COC1=CCC(C(C)C=C(C)C=CC=CC(=O)NC(C(=O)NC=CCC(CC=C(C)Cl)OC(N)=O)C(C)C)OC1=O. The van der Waals surface area contributed by atoms with Gasteiger partial charge in [0, 0.05) is 36.3 Å². The fourth-order valence-corrected chi connectivity index (χ4v) is 3.89. The zero-order valence-electron chi connectivity index (χ0n) is 24.5. The average molecular weight is 592 g/mol. The summed E-state index contributed by atoms with van der Waals surface area (Å²) in [4.78, 5) is 48.1. The Labute approximate surface area is 247 Å². The highest BCUT2D eigenvalue weighted by molar-refractivity contribution is 6.29. The summed E-state index contributed by atoms with van der Waals surface area (Å²) in [5.41, 5.74) is 6.04.